The molecular weight excluding hydrogens is 707 g/mol. The summed E-state index contributed by atoms with van der Waals surface area (Å²) < 4.78 is 22.0. The first-order valence-corrected chi connectivity index (χ1v) is 21.2. The standard InChI is InChI=1S/C44H61N7O3S/c1-33-40(35-15-8-5-9-16-35)54-43(46-33)50-26-27-51(39(31-50)41(52)45-29-37-17-12-28-55-37)42(53)38(18-10-11-24-48(2)3)47-36-19-21-44(22-20-36)23-25-49(32-44)30-34-13-6-4-7-14-34/h4-9,12-17,28,33,36,38-40,47H,10-11,18-27,29-32H2,1-3H3,(H,45,52)/t33-,36?,38-,39-,40+,44?/m0/s1/i2D,3D. The summed E-state index contributed by atoms with van der Waals surface area (Å²) in [6.07, 6.45) is 7.64. The summed E-state index contributed by atoms with van der Waals surface area (Å²) in [4.78, 5) is 43.2. The molecule has 11 heteroatoms. The third-order valence-corrected chi connectivity index (χ3v) is 13.0. The number of carbonyl (C=O) groups excluding carboxylic acids is 2. The quantitative estimate of drug-likeness (QED) is 0.197. The molecule has 1 saturated carbocycles. The van der Waals surface area contributed by atoms with E-state index in [0.717, 1.165) is 68.6 Å². The molecule has 3 fully saturated rings. The Bertz CT molecular complexity index is 1740. The number of piperazine rings is 1. The molecule has 4 aliphatic rings. The van der Waals surface area contributed by atoms with Crippen molar-refractivity contribution in [2.75, 3.05) is 53.3 Å². The zero-order valence-electron chi connectivity index (χ0n) is 34.5. The molecular formula is C44H61N7O3S. The first kappa shape index (κ1) is 36.8. The lowest BCUT2D eigenvalue weighted by Crippen LogP contribution is -2.64. The summed E-state index contributed by atoms with van der Waals surface area (Å²) in [5.74, 6) is -0.197. The molecule has 0 radical (unpaired) electrons. The summed E-state index contributed by atoms with van der Waals surface area (Å²) in [5, 5.41) is 9.00. The average molecular weight is 770 g/mol. The summed E-state index contributed by atoms with van der Waals surface area (Å²) in [7, 11) is 0.201. The molecule has 2 aromatic carbocycles. The van der Waals surface area contributed by atoms with Gasteiger partial charge in [0.25, 0.3) is 6.02 Å². The number of carbonyl (C=O) groups is 2. The smallest absolute Gasteiger partial charge is 0.288 e. The monoisotopic (exact) mass is 769 g/mol. The molecule has 3 aromatic rings. The van der Waals surface area contributed by atoms with Gasteiger partial charge >= 0.3 is 0 Å². The number of ether oxygens (including phenoxy) is 1. The van der Waals surface area contributed by atoms with Gasteiger partial charge in [0.1, 0.15) is 12.1 Å². The average Bonchev–Trinajstić information content (AvgIpc) is 4.01. The second-order valence-corrected chi connectivity index (χ2v) is 17.3. The molecule has 55 heavy (non-hydrogen) atoms. The van der Waals surface area contributed by atoms with Crippen LogP contribution in [0.4, 0.5) is 0 Å². The third-order valence-electron chi connectivity index (χ3n) is 12.1. The topological polar surface area (TPSA) is 92.8 Å². The molecule has 2 amide bonds. The van der Waals surface area contributed by atoms with Crippen molar-refractivity contribution in [2.45, 2.75) is 102 Å². The van der Waals surface area contributed by atoms with Crippen LogP contribution in [0, 0.1) is 5.41 Å². The van der Waals surface area contributed by atoms with Crippen molar-refractivity contribution in [1.29, 1.82) is 0 Å². The Hall–Kier alpha value is -3.77. The molecule has 1 aliphatic carbocycles. The highest BCUT2D eigenvalue weighted by atomic mass is 32.1. The van der Waals surface area contributed by atoms with Gasteiger partial charge in [-0.25, -0.2) is 4.99 Å². The third kappa shape index (κ3) is 10.2. The normalized spacial score (nSPS) is 26.8. The largest absolute Gasteiger partial charge is 0.455 e. The second-order valence-electron chi connectivity index (χ2n) is 16.2. The summed E-state index contributed by atoms with van der Waals surface area (Å²) in [6.45, 7) is 7.60. The second kappa shape index (κ2) is 18.4. The Morgan fingerprint density at radius 2 is 1.78 bits per heavy atom. The van der Waals surface area contributed by atoms with Gasteiger partial charge in [0.15, 0.2) is 0 Å². The Morgan fingerprint density at radius 3 is 2.53 bits per heavy atom. The van der Waals surface area contributed by atoms with Crippen LogP contribution in [0.2, 0.25) is 0 Å². The van der Waals surface area contributed by atoms with Gasteiger partial charge in [0.2, 0.25) is 11.8 Å². The SMILES string of the molecule is [2H]CN(C[2H])CCCC[C@H](NC1CCC2(CC1)CCN(Cc1ccccc1)C2)C(=O)N1CCN(C2=N[C@@H](C)[C@H](c3ccccc3)O2)C[C@H]1C(=O)NCc1cccs1. The fraction of sp³-hybridized carbons (Fsp3) is 0.568. The van der Waals surface area contributed by atoms with Crippen molar-refractivity contribution in [3.05, 3.63) is 94.2 Å². The van der Waals surface area contributed by atoms with Crippen LogP contribution in [0.1, 0.15) is 83.1 Å². The van der Waals surface area contributed by atoms with Gasteiger partial charge in [-0.1, -0.05) is 73.2 Å². The predicted molar refractivity (Wildman–Crippen MR) is 221 cm³/mol. The molecule has 3 aliphatic heterocycles. The van der Waals surface area contributed by atoms with E-state index in [-0.39, 0.29) is 44.0 Å². The number of amidine groups is 1. The molecule has 7 rings (SSSR count). The molecule has 0 unspecified atom stereocenters. The van der Waals surface area contributed by atoms with Crippen LogP contribution >= 0.6 is 11.3 Å². The van der Waals surface area contributed by atoms with Crippen LogP contribution in [0.5, 0.6) is 0 Å². The molecule has 4 heterocycles. The number of likely N-dealkylation sites (tertiary alicyclic amines) is 1. The van der Waals surface area contributed by atoms with E-state index in [9.17, 15) is 9.59 Å². The van der Waals surface area contributed by atoms with E-state index in [0.29, 0.717) is 50.6 Å². The van der Waals surface area contributed by atoms with Crippen LogP contribution < -0.4 is 10.6 Å². The molecule has 296 valence electrons. The number of thiophene rings is 1. The zero-order valence-corrected chi connectivity index (χ0v) is 33.3. The van der Waals surface area contributed by atoms with E-state index in [1.165, 1.54) is 12.0 Å². The van der Waals surface area contributed by atoms with Gasteiger partial charge in [0.05, 0.1) is 25.2 Å². The number of benzene rings is 2. The van der Waals surface area contributed by atoms with Gasteiger partial charge in [-0.05, 0) is 107 Å². The van der Waals surface area contributed by atoms with Gasteiger partial charge in [-0.15, -0.1) is 11.3 Å². The molecule has 4 atom stereocenters. The minimum absolute atomic E-state index is 0.0243. The molecule has 1 spiro atoms. The molecule has 2 N–H and O–H groups in total. The van der Waals surface area contributed by atoms with E-state index in [1.807, 2.05) is 45.5 Å². The van der Waals surface area contributed by atoms with E-state index in [2.05, 4.69) is 64.9 Å². The fourth-order valence-corrected chi connectivity index (χ4v) is 9.68. The highest BCUT2D eigenvalue weighted by Gasteiger charge is 2.44. The van der Waals surface area contributed by atoms with Gasteiger partial charge < -0.3 is 30.1 Å². The number of nitrogens with zero attached hydrogens (tertiary/aromatic N) is 5. The zero-order chi connectivity index (χ0) is 39.6. The molecule has 10 nitrogen and oxygen atoms in total. The van der Waals surface area contributed by atoms with Crippen molar-refractivity contribution < 1.29 is 17.1 Å². The predicted octanol–water partition coefficient (Wildman–Crippen LogP) is 5.92. The van der Waals surface area contributed by atoms with Crippen molar-refractivity contribution in [2.24, 2.45) is 10.4 Å². The molecule has 1 aromatic heterocycles. The van der Waals surface area contributed by atoms with Crippen LogP contribution in [-0.4, -0.2) is 115 Å². The van der Waals surface area contributed by atoms with Gasteiger partial charge in [0, 0.05) is 39.8 Å². The van der Waals surface area contributed by atoms with Crippen LogP contribution in [0.25, 0.3) is 0 Å². The highest BCUT2D eigenvalue weighted by Crippen LogP contribution is 2.44. The number of aliphatic imine (C=N–C) groups is 1. The van der Waals surface area contributed by atoms with Crippen molar-refractivity contribution in [1.82, 2.24) is 30.2 Å². The number of nitrogens with one attached hydrogen (secondary N) is 2. The summed E-state index contributed by atoms with van der Waals surface area (Å²) in [6, 6.07) is 24.4. The van der Waals surface area contributed by atoms with Crippen LogP contribution in [-0.2, 0) is 27.4 Å². The number of amides is 2. The first-order chi connectivity index (χ1) is 27.8. The fourth-order valence-electron chi connectivity index (χ4n) is 9.04. The Balaban J connectivity index is 1.03. The van der Waals surface area contributed by atoms with Gasteiger partial charge in [-0.3, -0.25) is 14.5 Å². The summed E-state index contributed by atoms with van der Waals surface area (Å²) in [5.41, 5.74) is 2.78. The number of hydrogen-bond acceptors (Lipinski definition) is 9. The van der Waals surface area contributed by atoms with Crippen LogP contribution in [0.15, 0.2) is 83.2 Å². The minimum Gasteiger partial charge on any atom is -0.455 e. The van der Waals surface area contributed by atoms with Crippen molar-refractivity contribution in [3.63, 3.8) is 0 Å². The maximum Gasteiger partial charge on any atom is 0.288 e. The minimum atomic E-state index is -0.710. The Labute approximate surface area is 335 Å². The Morgan fingerprint density at radius 1 is 1.00 bits per heavy atom. The van der Waals surface area contributed by atoms with Gasteiger partial charge in [-0.2, -0.15) is 0 Å². The lowest BCUT2D eigenvalue weighted by Gasteiger charge is -2.43. The van der Waals surface area contributed by atoms with Crippen LogP contribution in [0.3, 0.4) is 0 Å². The summed E-state index contributed by atoms with van der Waals surface area (Å²) >= 11 is 1.60. The highest BCUT2D eigenvalue weighted by molar-refractivity contribution is 7.09. The maximum absolute atomic E-state index is 14.9. The molecule has 2 saturated heterocycles. The van der Waals surface area contributed by atoms with Crippen molar-refractivity contribution in [3.8, 4) is 0 Å². The maximum atomic E-state index is 14.9. The van der Waals surface area contributed by atoms with E-state index >= 15 is 0 Å². The van der Waals surface area contributed by atoms with E-state index in [1.54, 1.807) is 16.2 Å². The molecule has 0 bridgehead atoms. The van der Waals surface area contributed by atoms with E-state index in [4.69, 9.17) is 12.5 Å². The first-order valence-electron chi connectivity index (χ1n) is 21.7. The number of hydrogen-bond donors (Lipinski definition) is 2. The lowest BCUT2D eigenvalue weighted by molar-refractivity contribution is -0.145. The van der Waals surface area contributed by atoms with Crippen molar-refractivity contribution >= 4 is 29.2 Å². The van der Waals surface area contributed by atoms with E-state index < -0.39 is 12.1 Å². The number of unbranched alkanes of at least 4 members (excludes halogenated alkanes) is 1. The Kier molecular flexibility index (Phi) is 12.4. The number of rotatable bonds is 14. The lowest BCUT2D eigenvalue weighted by atomic mass is 9.72.